The molecule has 38 heavy (non-hydrogen) atoms. The lowest BCUT2D eigenvalue weighted by Gasteiger charge is -2.13. The Hall–Kier alpha value is -3.90. The molecule has 0 unspecified atom stereocenters. The molecule has 9 heteroatoms. The zero-order chi connectivity index (χ0) is 26.5. The highest BCUT2D eigenvalue weighted by molar-refractivity contribution is 7.99. The molecule has 188 valence electrons. The van der Waals surface area contributed by atoms with Crippen molar-refractivity contribution in [3.63, 3.8) is 0 Å². The fraction of sp³-hybridized carbons (Fsp3) is 0.103. The first kappa shape index (κ1) is 25.7. The lowest BCUT2D eigenvalue weighted by Crippen LogP contribution is -2.25. The third kappa shape index (κ3) is 5.50. The second-order valence-corrected chi connectivity index (χ2v) is 10.6. The molecule has 2 heterocycles. The van der Waals surface area contributed by atoms with E-state index in [0.29, 0.717) is 44.6 Å². The fourth-order valence-corrected chi connectivity index (χ4v) is 6.12. The Bertz CT molecular complexity index is 1720. The maximum absolute atomic E-state index is 13.9. The van der Waals surface area contributed by atoms with Crippen LogP contribution in [0.3, 0.4) is 0 Å². The van der Waals surface area contributed by atoms with Crippen LogP contribution in [-0.4, -0.2) is 21.2 Å². The molecule has 5 rings (SSSR count). The van der Waals surface area contributed by atoms with E-state index in [2.05, 4.69) is 11.4 Å². The monoisotopic (exact) mass is 556 g/mol. The van der Waals surface area contributed by atoms with Gasteiger partial charge in [-0.3, -0.25) is 14.2 Å². The third-order valence-electron chi connectivity index (χ3n) is 5.94. The van der Waals surface area contributed by atoms with Crippen molar-refractivity contribution in [1.82, 2.24) is 9.55 Å². The number of nitrogens with zero attached hydrogens (tertiary/aromatic N) is 3. The van der Waals surface area contributed by atoms with Crippen molar-refractivity contribution in [2.75, 3.05) is 11.1 Å². The van der Waals surface area contributed by atoms with Crippen LogP contribution in [-0.2, 0) is 17.8 Å². The Balaban J connectivity index is 1.49. The van der Waals surface area contributed by atoms with E-state index in [-0.39, 0.29) is 17.2 Å². The average Bonchev–Trinajstić information content (AvgIpc) is 3.36. The Labute approximate surface area is 232 Å². The summed E-state index contributed by atoms with van der Waals surface area (Å²) >= 11 is 9.04. The Kier molecular flexibility index (Phi) is 7.89. The number of nitriles is 1. The molecule has 5 aromatic rings. The Morgan fingerprint density at radius 3 is 2.55 bits per heavy atom. The van der Waals surface area contributed by atoms with E-state index in [9.17, 15) is 14.9 Å². The fourth-order valence-electron chi connectivity index (χ4n) is 4.08. The summed E-state index contributed by atoms with van der Waals surface area (Å²) in [5.74, 6) is -0.254. The standard InChI is InChI=1S/C29H21ClN4O2S2/c30-23-12-6-5-11-21(23)22-17-37-27-26(22)28(36)34(15-14-19-8-2-1-3-9-19)29(33-27)38-18-25(35)32-24-13-7-4-10-20(24)16-31/h1-13,17H,14-15,18H2,(H,32,35). The summed E-state index contributed by atoms with van der Waals surface area (Å²) < 4.78 is 1.64. The maximum atomic E-state index is 13.9. The molecule has 0 aliphatic heterocycles. The van der Waals surface area contributed by atoms with Gasteiger partial charge in [-0.05, 0) is 30.2 Å². The highest BCUT2D eigenvalue weighted by Gasteiger charge is 2.19. The van der Waals surface area contributed by atoms with Crippen molar-refractivity contribution in [1.29, 1.82) is 5.26 Å². The van der Waals surface area contributed by atoms with Gasteiger partial charge in [0.25, 0.3) is 5.56 Å². The van der Waals surface area contributed by atoms with Gasteiger partial charge in [-0.15, -0.1) is 11.3 Å². The lowest BCUT2D eigenvalue weighted by molar-refractivity contribution is -0.113. The minimum absolute atomic E-state index is 0.0335. The zero-order valence-corrected chi connectivity index (χ0v) is 22.4. The van der Waals surface area contributed by atoms with Gasteiger partial charge in [-0.1, -0.05) is 84.0 Å². The Morgan fingerprint density at radius 1 is 1.03 bits per heavy atom. The smallest absolute Gasteiger partial charge is 0.263 e. The topological polar surface area (TPSA) is 87.8 Å². The van der Waals surface area contributed by atoms with Crippen molar-refractivity contribution < 1.29 is 4.79 Å². The summed E-state index contributed by atoms with van der Waals surface area (Å²) in [4.78, 5) is 32.0. The number of thioether (sulfide) groups is 1. The molecule has 0 radical (unpaired) electrons. The molecule has 0 atom stereocenters. The van der Waals surface area contributed by atoms with Crippen LogP contribution in [0.15, 0.2) is 94.2 Å². The van der Waals surface area contributed by atoms with Crippen molar-refractivity contribution in [2.24, 2.45) is 0 Å². The van der Waals surface area contributed by atoms with Gasteiger partial charge >= 0.3 is 0 Å². The minimum atomic E-state index is -0.287. The molecule has 0 saturated carbocycles. The van der Waals surface area contributed by atoms with Crippen LogP contribution in [0.1, 0.15) is 11.1 Å². The number of aromatic nitrogens is 2. The maximum Gasteiger partial charge on any atom is 0.263 e. The number of nitrogens with one attached hydrogen (secondary N) is 1. The van der Waals surface area contributed by atoms with Gasteiger partial charge < -0.3 is 5.32 Å². The number of amides is 1. The number of carbonyl (C=O) groups is 1. The van der Waals surface area contributed by atoms with Gasteiger partial charge in [0, 0.05) is 28.1 Å². The van der Waals surface area contributed by atoms with E-state index in [1.807, 2.05) is 53.9 Å². The largest absolute Gasteiger partial charge is 0.324 e. The minimum Gasteiger partial charge on any atom is -0.324 e. The summed E-state index contributed by atoms with van der Waals surface area (Å²) in [7, 11) is 0. The van der Waals surface area contributed by atoms with E-state index in [4.69, 9.17) is 16.6 Å². The third-order valence-corrected chi connectivity index (χ3v) is 8.12. The molecule has 1 amide bonds. The van der Waals surface area contributed by atoms with E-state index >= 15 is 0 Å². The number of hydrogen-bond donors (Lipinski definition) is 1. The summed E-state index contributed by atoms with van der Waals surface area (Å²) in [6, 6.07) is 26.3. The number of aryl methyl sites for hydroxylation is 1. The normalized spacial score (nSPS) is 10.8. The number of fused-ring (bicyclic) bond motifs is 1. The number of carbonyl (C=O) groups excluding carboxylic acids is 1. The summed E-state index contributed by atoms with van der Waals surface area (Å²) in [6.07, 6.45) is 0.634. The van der Waals surface area contributed by atoms with Gasteiger partial charge in [-0.25, -0.2) is 4.98 Å². The number of anilines is 1. The number of rotatable bonds is 8. The van der Waals surface area contributed by atoms with Crippen LogP contribution >= 0.6 is 34.7 Å². The van der Waals surface area contributed by atoms with E-state index in [0.717, 1.165) is 16.7 Å². The highest BCUT2D eigenvalue weighted by atomic mass is 35.5. The van der Waals surface area contributed by atoms with Crippen LogP contribution in [0.25, 0.3) is 21.3 Å². The molecule has 0 aliphatic rings. The van der Waals surface area contributed by atoms with Crippen LogP contribution in [0.4, 0.5) is 5.69 Å². The number of benzene rings is 3. The molecular weight excluding hydrogens is 536 g/mol. The van der Waals surface area contributed by atoms with Crippen LogP contribution < -0.4 is 10.9 Å². The van der Waals surface area contributed by atoms with E-state index < -0.39 is 0 Å². The molecule has 0 aliphatic carbocycles. The molecule has 6 nitrogen and oxygen atoms in total. The van der Waals surface area contributed by atoms with Gasteiger partial charge in [0.1, 0.15) is 10.9 Å². The van der Waals surface area contributed by atoms with Gasteiger partial charge in [0.15, 0.2) is 5.16 Å². The zero-order valence-electron chi connectivity index (χ0n) is 20.1. The molecule has 0 bridgehead atoms. The van der Waals surface area contributed by atoms with E-state index in [1.54, 1.807) is 34.9 Å². The quantitative estimate of drug-likeness (QED) is 0.171. The van der Waals surface area contributed by atoms with Crippen molar-refractivity contribution in [3.8, 4) is 17.2 Å². The lowest BCUT2D eigenvalue weighted by atomic mass is 10.1. The molecule has 3 aromatic carbocycles. The first-order valence-corrected chi connectivity index (χ1v) is 14.0. The van der Waals surface area contributed by atoms with Crippen LogP contribution in [0.2, 0.25) is 5.02 Å². The van der Waals surface area contributed by atoms with Gasteiger partial charge in [-0.2, -0.15) is 5.26 Å². The predicted molar refractivity (Wildman–Crippen MR) is 155 cm³/mol. The summed E-state index contributed by atoms with van der Waals surface area (Å²) in [6.45, 7) is 0.408. The summed E-state index contributed by atoms with van der Waals surface area (Å²) in [5, 5.41) is 15.5. The molecule has 0 spiro atoms. The number of hydrogen-bond acceptors (Lipinski definition) is 6. The number of halogens is 1. The average molecular weight is 557 g/mol. The number of para-hydroxylation sites is 1. The second kappa shape index (κ2) is 11.7. The SMILES string of the molecule is N#Cc1ccccc1NC(=O)CSc1nc2scc(-c3ccccc3Cl)c2c(=O)n1CCc1ccccc1. The van der Waals surface area contributed by atoms with E-state index in [1.165, 1.54) is 23.1 Å². The molecular formula is C29H21ClN4O2S2. The molecule has 2 aromatic heterocycles. The van der Waals surface area contributed by atoms with Crippen LogP contribution in [0, 0.1) is 11.3 Å². The number of thiophene rings is 1. The van der Waals surface area contributed by atoms with Gasteiger partial charge in [0.05, 0.1) is 22.4 Å². The van der Waals surface area contributed by atoms with Crippen molar-refractivity contribution in [3.05, 3.63) is 111 Å². The van der Waals surface area contributed by atoms with Gasteiger partial charge in [0.2, 0.25) is 5.91 Å². The summed E-state index contributed by atoms with van der Waals surface area (Å²) in [5.41, 5.74) is 3.30. The second-order valence-electron chi connectivity index (χ2n) is 8.39. The van der Waals surface area contributed by atoms with Crippen LogP contribution in [0.5, 0.6) is 0 Å². The first-order chi connectivity index (χ1) is 18.5. The van der Waals surface area contributed by atoms with Crippen molar-refractivity contribution in [2.45, 2.75) is 18.1 Å². The molecule has 0 fully saturated rings. The molecule has 0 saturated heterocycles. The predicted octanol–water partition coefficient (Wildman–Crippen LogP) is 6.62. The Morgan fingerprint density at radius 2 is 1.76 bits per heavy atom. The first-order valence-electron chi connectivity index (χ1n) is 11.8. The molecule has 1 N–H and O–H groups in total. The van der Waals surface area contributed by atoms with Crippen molar-refractivity contribution >= 4 is 56.5 Å². The highest BCUT2D eigenvalue weighted by Crippen LogP contribution is 2.36.